The Morgan fingerprint density at radius 2 is 2.00 bits per heavy atom. The minimum absolute atomic E-state index is 0.0298. The van der Waals surface area contributed by atoms with Crippen molar-refractivity contribution in [1.82, 2.24) is 0 Å². The number of ether oxygens (including phenoxy) is 1. The predicted octanol–water partition coefficient (Wildman–Crippen LogP) is 4.27. The summed E-state index contributed by atoms with van der Waals surface area (Å²) in [6.07, 6.45) is 0.694. The number of aryl methyl sites for hydroxylation is 1. The van der Waals surface area contributed by atoms with Crippen molar-refractivity contribution in [2.45, 2.75) is 6.92 Å². The van der Waals surface area contributed by atoms with Crippen LogP contribution in [-0.4, -0.2) is 11.2 Å². The quantitative estimate of drug-likeness (QED) is 0.475. The Morgan fingerprint density at radius 3 is 2.60 bits per heavy atom. The average molecular weight is 336 g/mol. The molecule has 0 amide bonds. The minimum Gasteiger partial charge on any atom is -0.457 e. The second-order valence-corrected chi connectivity index (χ2v) is 5.02. The third-order valence-corrected chi connectivity index (χ3v) is 3.19. The molecule has 0 fully saturated rings. The molecular formula is C14H10BrNO4. The van der Waals surface area contributed by atoms with Gasteiger partial charge in [0.05, 0.1) is 10.5 Å². The number of nitro groups is 1. The summed E-state index contributed by atoms with van der Waals surface area (Å²) in [4.78, 5) is 21.3. The van der Waals surface area contributed by atoms with E-state index in [0.717, 1.165) is 4.47 Å². The topological polar surface area (TPSA) is 69.4 Å². The molecule has 0 aliphatic heterocycles. The number of aldehydes is 1. The van der Waals surface area contributed by atoms with Crippen LogP contribution >= 0.6 is 15.9 Å². The first-order valence-corrected chi connectivity index (χ1v) is 6.48. The molecule has 2 rings (SSSR count). The summed E-state index contributed by atoms with van der Waals surface area (Å²) in [6, 6.07) is 9.47. The number of nitrogens with zero attached hydrogens (tertiary/aromatic N) is 1. The van der Waals surface area contributed by atoms with Crippen LogP contribution in [0.4, 0.5) is 5.69 Å². The summed E-state index contributed by atoms with van der Waals surface area (Å²) in [7, 11) is 0. The van der Waals surface area contributed by atoms with E-state index in [1.54, 1.807) is 31.2 Å². The maximum absolute atomic E-state index is 11.0. The first-order valence-electron chi connectivity index (χ1n) is 5.69. The Bertz CT molecular complexity index is 685. The molecule has 0 saturated carbocycles. The van der Waals surface area contributed by atoms with Gasteiger partial charge in [-0.1, -0.05) is 15.9 Å². The highest BCUT2D eigenvalue weighted by Gasteiger charge is 2.12. The van der Waals surface area contributed by atoms with Gasteiger partial charge in [0.2, 0.25) is 0 Å². The Balaban J connectivity index is 2.35. The molecule has 0 saturated heterocycles. The van der Waals surface area contributed by atoms with Crippen LogP contribution in [0.1, 0.15) is 15.9 Å². The van der Waals surface area contributed by atoms with E-state index >= 15 is 0 Å². The van der Waals surface area contributed by atoms with Gasteiger partial charge in [-0.25, -0.2) is 0 Å². The van der Waals surface area contributed by atoms with Crippen LogP contribution in [0, 0.1) is 17.0 Å². The number of halogens is 1. The molecule has 0 heterocycles. The Hall–Kier alpha value is -2.21. The fraction of sp³-hybridized carbons (Fsp3) is 0.0714. The second kappa shape index (κ2) is 5.83. The van der Waals surface area contributed by atoms with Crippen molar-refractivity contribution in [2.24, 2.45) is 0 Å². The molecule has 0 spiro atoms. The van der Waals surface area contributed by atoms with Gasteiger partial charge in [0.1, 0.15) is 11.5 Å². The van der Waals surface area contributed by atoms with Gasteiger partial charge in [-0.05, 0) is 37.3 Å². The van der Waals surface area contributed by atoms with E-state index < -0.39 is 4.92 Å². The molecule has 2 aromatic carbocycles. The van der Waals surface area contributed by atoms with Crippen LogP contribution in [0.5, 0.6) is 11.5 Å². The van der Waals surface area contributed by atoms with Gasteiger partial charge >= 0.3 is 0 Å². The number of hydrogen-bond donors (Lipinski definition) is 0. The van der Waals surface area contributed by atoms with Gasteiger partial charge in [0.15, 0.2) is 6.29 Å². The van der Waals surface area contributed by atoms with Crippen molar-refractivity contribution in [3.8, 4) is 11.5 Å². The van der Waals surface area contributed by atoms with Crippen LogP contribution in [0.2, 0.25) is 0 Å². The SMILES string of the molecule is Cc1cc(Oc2cc(Br)ccc2C=O)ccc1[N+](=O)[O-]. The van der Waals surface area contributed by atoms with Crippen molar-refractivity contribution in [3.05, 3.63) is 62.1 Å². The second-order valence-electron chi connectivity index (χ2n) is 4.11. The molecule has 102 valence electrons. The molecule has 6 heteroatoms. The maximum Gasteiger partial charge on any atom is 0.272 e. The van der Waals surface area contributed by atoms with E-state index in [9.17, 15) is 14.9 Å². The van der Waals surface area contributed by atoms with Crippen LogP contribution < -0.4 is 4.74 Å². The Morgan fingerprint density at radius 1 is 1.25 bits per heavy atom. The van der Waals surface area contributed by atoms with Gasteiger partial charge < -0.3 is 4.74 Å². The molecular weight excluding hydrogens is 326 g/mol. The highest BCUT2D eigenvalue weighted by atomic mass is 79.9. The fourth-order valence-electron chi connectivity index (χ4n) is 1.72. The van der Waals surface area contributed by atoms with Crippen molar-refractivity contribution in [1.29, 1.82) is 0 Å². The van der Waals surface area contributed by atoms with Crippen molar-refractivity contribution in [2.75, 3.05) is 0 Å². The normalized spacial score (nSPS) is 10.1. The molecule has 0 aliphatic rings. The molecule has 0 bridgehead atoms. The lowest BCUT2D eigenvalue weighted by atomic mass is 10.2. The van der Waals surface area contributed by atoms with Gasteiger partial charge in [0.25, 0.3) is 5.69 Å². The van der Waals surface area contributed by atoms with E-state index in [4.69, 9.17) is 4.74 Å². The summed E-state index contributed by atoms with van der Waals surface area (Å²) in [5.41, 5.74) is 0.932. The number of benzene rings is 2. The molecule has 0 atom stereocenters. The van der Waals surface area contributed by atoms with E-state index in [2.05, 4.69) is 15.9 Å². The summed E-state index contributed by atoms with van der Waals surface area (Å²) in [6.45, 7) is 1.63. The van der Waals surface area contributed by atoms with Crippen molar-refractivity contribution < 1.29 is 14.5 Å². The van der Waals surface area contributed by atoms with E-state index in [1.165, 1.54) is 12.1 Å². The standard InChI is InChI=1S/C14H10BrNO4/c1-9-6-12(4-5-13(9)16(18)19)20-14-7-11(15)3-2-10(14)8-17/h2-8H,1H3. The highest BCUT2D eigenvalue weighted by molar-refractivity contribution is 9.10. The van der Waals surface area contributed by atoms with Crippen LogP contribution in [0.25, 0.3) is 0 Å². The largest absolute Gasteiger partial charge is 0.457 e. The number of carbonyl (C=O) groups is 1. The maximum atomic E-state index is 11.0. The first kappa shape index (κ1) is 14.2. The molecule has 0 radical (unpaired) electrons. The number of nitro benzene ring substituents is 1. The van der Waals surface area contributed by atoms with Gasteiger partial charge in [-0.2, -0.15) is 0 Å². The smallest absolute Gasteiger partial charge is 0.272 e. The summed E-state index contributed by atoms with van der Waals surface area (Å²) < 4.78 is 6.39. The van der Waals surface area contributed by atoms with Crippen molar-refractivity contribution in [3.63, 3.8) is 0 Å². The Kier molecular flexibility index (Phi) is 4.14. The van der Waals surface area contributed by atoms with Crippen LogP contribution in [0.15, 0.2) is 40.9 Å². The monoisotopic (exact) mass is 335 g/mol. The molecule has 5 nitrogen and oxygen atoms in total. The highest BCUT2D eigenvalue weighted by Crippen LogP contribution is 2.30. The third-order valence-electron chi connectivity index (χ3n) is 2.70. The minimum atomic E-state index is -0.449. The van der Waals surface area contributed by atoms with Crippen molar-refractivity contribution >= 4 is 27.9 Å². The molecule has 0 aromatic heterocycles. The lowest BCUT2D eigenvalue weighted by molar-refractivity contribution is -0.385. The molecule has 20 heavy (non-hydrogen) atoms. The van der Waals surface area contributed by atoms with Gasteiger partial charge in [-0.3, -0.25) is 14.9 Å². The zero-order chi connectivity index (χ0) is 14.7. The third kappa shape index (κ3) is 3.03. The Labute approximate surface area is 123 Å². The summed E-state index contributed by atoms with van der Waals surface area (Å²) in [5.74, 6) is 0.830. The average Bonchev–Trinajstić information content (AvgIpc) is 2.38. The molecule has 0 unspecified atom stereocenters. The summed E-state index contributed by atoms with van der Waals surface area (Å²) in [5, 5.41) is 10.7. The fourth-order valence-corrected chi connectivity index (χ4v) is 2.06. The number of rotatable bonds is 4. The van der Waals surface area contributed by atoms with Crippen LogP contribution in [0.3, 0.4) is 0 Å². The first-order chi connectivity index (χ1) is 9.51. The lowest BCUT2D eigenvalue weighted by Gasteiger charge is -2.09. The molecule has 0 aliphatic carbocycles. The molecule has 0 N–H and O–H groups in total. The zero-order valence-corrected chi connectivity index (χ0v) is 12.1. The lowest BCUT2D eigenvalue weighted by Crippen LogP contribution is -1.94. The van der Waals surface area contributed by atoms with Gasteiger partial charge in [-0.15, -0.1) is 0 Å². The van der Waals surface area contributed by atoms with E-state index in [1.807, 2.05) is 0 Å². The van der Waals surface area contributed by atoms with Crippen LogP contribution in [-0.2, 0) is 0 Å². The van der Waals surface area contributed by atoms with Gasteiger partial charge in [0, 0.05) is 16.1 Å². The van der Waals surface area contributed by atoms with E-state index in [-0.39, 0.29) is 5.69 Å². The number of hydrogen-bond acceptors (Lipinski definition) is 4. The molecule has 2 aromatic rings. The summed E-state index contributed by atoms with van der Waals surface area (Å²) >= 11 is 3.30. The number of carbonyl (C=O) groups excluding carboxylic acids is 1. The predicted molar refractivity (Wildman–Crippen MR) is 77.4 cm³/mol. The van der Waals surface area contributed by atoms with E-state index in [0.29, 0.717) is 28.9 Å². The zero-order valence-electron chi connectivity index (χ0n) is 10.5.